The standard InChI is InChI=1S/C17H12ClF3N8O2S/c18-11-2-4-12(5-3-11)25-16-26-15(22)29(27-16)32(30,31)13-8-24-28(9-13)14-6-1-10(7-23-14)17(19,20)21/h1-9H,(H3,22,25,26,27). The van der Waals surface area contributed by atoms with Gasteiger partial charge in [-0.3, -0.25) is 0 Å². The van der Waals surface area contributed by atoms with E-state index in [4.69, 9.17) is 17.3 Å². The van der Waals surface area contributed by atoms with Crippen molar-refractivity contribution in [1.29, 1.82) is 0 Å². The molecule has 0 unspecified atom stereocenters. The van der Waals surface area contributed by atoms with Crippen molar-refractivity contribution in [2.75, 3.05) is 11.1 Å². The van der Waals surface area contributed by atoms with E-state index < -0.39 is 27.7 Å². The third-order valence-electron chi connectivity index (χ3n) is 4.10. The van der Waals surface area contributed by atoms with Gasteiger partial charge in [0, 0.05) is 16.9 Å². The summed E-state index contributed by atoms with van der Waals surface area (Å²) in [5.74, 6) is -0.511. The number of nitrogens with one attached hydrogen (secondary N) is 1. The number of rotatable bonds is 5. The summed E-state index contributed by atoms with van der Waals surface area (Å²) in [5, 5.41) is 11.0. The second kappa shape index (κ2) is 7.80. The van der Waals surface area contributed by atoms with Gasteiger partial charge in [0.15, 0.2) is 5.82 Å². The Morgan fingerprint density at radius 1 is 1.06 bits per heavy atom. The highest BCUT2D eigenvalue weighted by molar-refractivity contribution is 7.90. The summed E-state index contributed by atoms with van der Waals surface area (Å²) in [6.45, 7) is 0. The first-order valence-corrected chi connectivity index (χ1v) is 10.4. The number of pyridine rings is 1. The lowest BCUT2D eigenvalue weighted by atomic mass is 10.3. The molecule has 0 saturated heterocycles. The molecule has 3 N–H and O–H groups in total. The number of nitrogens with zero attached hydrogens (tertiary/aromatic N) is 6. The van der Waals surface area contributed by atoms with E-state index in [0.717, 1.165) is 29.2 Å². The SMILES string of the molecule is Nc1nc(Nc2ccc(Cl)cc2)nn1S(=O)(=O)c1cnn(-c2ccc(C(F)(F)F)cn2)c1. The van der Waals surface area contributed by atoms with Gasteiger partial charge in [0.25, 0.3) is 10.0 Å². The molecule has 0 amide bonds. The molecule has 0 aliphatic carbocycles. The van der Waals surface area contributed by atoms with Crippen LogP contribution in [0.3, 0.4) is 0 Å². The van der Waals surface area contributed by atoms with Gasteiger partial charge in [0.1, 0.15) is 4.90 Å². The van der Waals surface area contributed by atoms with E-state index >= 15 is 0 Å². The summed E-state index contributed by atoms with van der Waals surface area (Å²) >= 11 is 5.82. The molecule has 3 aromatic heterocycles. The second-order valence-electron chi connectivity index (χ2n) is 6.30. The number of anilines is 3. The molecule has 166 valence electrons. The summed E-state index contributed by atoms with van der Waals surface area (Å²) in [4.78, 5) is 7.22. The third-order valence-corrected chi connectivity index (χ3v) is 5.88. The van der Waals surface area contributed by atoms with Crippen LogP contribution in [0.2, 0.25) is 5.02 Å². The minimum atomic E-state index is -4.55. The Kier molecular flexibility index (Phi) is 5.26. The zero-order valence-electron chi connectivity index (χ0n) is 15.7. The van der Waals surface area contributed by atoms with Crippen molar-refractivity contribution in [3.8, 4) is 5.82 Å². The first kappa shape index (κ1) is 21.6. The van der Waals surface area contributed by atoms with Crippen LogP contribution in [0, 0.1) is 0 Å². The highest BCUT2D eigenvalue weighted by Gasteiger charge is 2.31. The predicted molar refractivity (Wildman–Crippen MR) is 108 cm³/mol. The number of nitrogen functional groups attached to an aromatic ring is 1. The minimum absolute atomic E-state index is 0.0175. The first-order valence-electron chi connectivity index (χ1n) is 8.63. The molecule has 0 bridgehead atoms. The van der Waals surface area contributed by atoms with E-state index in [1.165, 1.54) is 0 Å². The van der Waals surface area contributed by atoms with Gasteiger partial charge in [-0.15, -0.1) is 9.19 Å². The van der Waals surface area contributed by atoms with Crippen LogP contribution in [0.25, 0.3) is 5.82 Å². The normalized spacial score (nSPS) is 12.1. The van der Waals surface area contributed by atoms with Crippen molar-refractivity contribution >= 4 is 39.2 Å². The number of benzene rings is 1. The first-order chi connectivity index (χ1) is 15.0. The Bertz CT molecular complexity index is 1370. The predicted octanol–water partition coefficient (Wildman–Crippen LogP) is 3.09. The van der Waals surface area contributed by atoms with Crippen molar-refractivity contribution < 1.29 is 21.6 Å². The Morgan fingerprint density at radius 2 is 1.78 bits per heavy atom. The summed E-state index contributed by atoms with van der Waals surface area (Å²) in [6.07, 6.45) is -1.87. The van der Waals surface area contributed by atoms with Crippen LogP contribution in [0.5, 0.6) is 0 Å². The fourth-order valence-electron chi connectivity index (χ4n) is 2.56. The van der Waals surface area contributed by atoms with Gasteiger partial charge in [-0.25, -0.2) is 9.67 Å². The molecule has 0 saturated carbocycles. The van der Waals surface area contributed by atoms with Crippen LogP contribution < -0.4 is 11.1 Å². The molecule has 32 heavy (non-hydrogen) atoms. The smallest absolute Gasteiger partial charge is 0.367 e. The molecular weight excluding hydrogens is 473 g/mol. The number of hydrogen-bond acceptors (Lipinski definition) is 8. The lowest BCUT2D eigenvalue weighted by Crippen LogP contribution is -2.16. The number of aromatic nitrogens is 6. The van der Waals surface area contributed by atoms with Crippen LogP contribution in [0.15, 0.2) is 59.9 Å². The van der Waals surface area contributed by atoms with Crippen LogP contribution in [0.1, 0.15) is 5.56 Å². The van der Waals surface area contributed by atoms with E-state index in [2.05, 4.69) is 25.5 Å². The molecule has 15 heteroatoms. The highest BCUT2D eigenvalue weighted by atomic mass is 35.5. The van der Waals surface area contributed by atoms with Crippen LogP contribution in [-0.4, -0.2) is 37.4 Å². The van der Waals surface area contributed by atoms with Crippen molar-refractivity contribution in [3.63, 3.8) is 0 Å². The molecule has 3 heterocycles. The fourth-order valence-corrected chi connectivity index (χ4v) is 3.77. The number of hydrogen-bond donors (Lipinski definition) is 2. The van der Waals surface area contributed by atoms with Crippen molar-refractivity contribution in [3.05, 3.63) is 65.6 Å². The monoisotopic (exact) mass is 484 g/mol. The zero-order valence-corrected chi connectivity index (χ0v) is 17.3. The molecule has 4 aromatic rings. The molecule has 1 aromatic carbocycles. The van der Waals surface area contributed by atoms with Gasteiger partial charge >= 0.3 is 6.18 Å². The summed E-state index contributed by atoms with van der Waals surface area (Å²) in [5.41, 5.74) is 5.32. The molecule has 0 aliphatic rings. The average Bonchev–Trinajstić information content (AvgIpc) is 3.37. The lowest BCUT2D eigenvalue weighted by Gasteiger charge is -2.06. The molecule has 0 radical (unpaired) electrons. The topological polar surface area (TPSA) is 134 Å². The molecule has 0 atom stereocenters. The summed E-state index contributed by atoms with van der Waals surface area (Å²) in [7, 11) is -4.30. The van der Waals surface area contributed by atoms with Gasteiger partial charge < -0.3 is 11.1 Å². The van der Waals surface area contributed by atoms with Gasteiger partial charge in [0.05, 0.1) is 18.0 Å². The van der Waals surface area contributed by atoms with E-state index in [1.807, 2.05) is 0 Å². The molecule has 10 nitrogen and oxygen atoms in total. The number of nitrogens with two attached hydrogens (primary N) is 1. The van der Waals surface area contributed by atoms with Crippen LogP contribution in [-0.2, 0) is 16.2 Å². The van der Waals surface area contributed by atoms with E-state index in [-0.39, 0.29) is 16.7 Å². The molecule has 0 aliphatic heterocycles. The maximum absolute atomic E-state index is 12.9. The average molecular weight is 485 g/mol. The Hall–Kier alpha value is -3.65. The Labute approximate surface area is 183 Å². The quantitative estimate of drug-likeness (QED) is 0.441. The van der Waals surface area contributed by atoms with Gasteiger partial charge in [-0.2, -0.15) is 31.7 Å². The van der Waals surface area contributed by atoms with Crippen LogP contribution >= 0.6 is 11.6 Å². The largest absolute Gasteiger partial charge is 0.417 e. The zero-order chi connectivity index (χ0) is 23.1. The second-order valence-corrected chi connectivity index (χ2v) is 8.50. The van der Waals surface area contributed by atoms with Crippen molar-refractivity contribution in [2.24, 2.45) is 0 Å². The molecule has 0 fully saturated rings. The third kappa shape index (κ3) is 4.22. The Balaban J connectivity index is 1.60. The molecule has 4 rings (SSSR count). The van der Waals surface area contributed by atoms with E-state index in [0.29, 0.717) is 21.0 Å². The maximum atomic E-state index is 12.9. The van der Waals surface area contributed by atoms with Gasteiger partial charge in [-0.05, 0) is 36.4 Å². The van der Waals surface area contributed by atoms with E-state index in [1.54, 1.807) is 24.3 Å². The number of halogens is 4. The molecular formula is C17H12ClF3N8O2S. The highest BCUT2D eigenvalue weighted by Crippen LogP contribution is 2.29. The maximum Gasteiger partial charge on any atom is 0.417 e. The van der Waals surface area contributed by atoms with E-state index in [9.17, 15) is 21.6 Å². The summed E-state index contributed by atoms with van der Waals surface area (Å²) < 4.78 is 65.4. The Morgan fingerprint density at radius 3 is 2.41 bits per heavy atom. The lowest BCUT2D eigenvalue weighted by molar-refractivity contribution is -0.137. The van der Waals surface area contributed by atoms with Crippen LogP contribution in [0.4, 0.5) is 30.8 Å². The van der Waals surface area contributed by atoms with Gasteiger partial charge in [0.2, 0.25) is 11.9 Å². The van der Waals surface area contributed by atoms with Crippen molar-refractivity contribution in [1.82, 2.24) is 28.9 Å². The summed E-state index contributed by atoms with van der Waals surface area (Å²) in [6, 6.07) is 8.37. The fraction of sp³-hybridized carbons (Fsp3) is 0.0588. The minimum Gasteiger partial charge on any atom is -0.367 e. The van der Waals surface area contributed by atoms with Crippen molar-refractivity contribution in [2.45, 2.75) is 11.1 Å². The number of alkyl halides is 3. The van der Waals surface area contributed by atoms with Gasteiger partial charge in [-0.1, -0.05) is 11.6 Å². The molecule has 0 spiro atoms.